The summed E-state index contributed by atoms with van der Waals surface area (Å²) in [6, 6.07) is 0. The van der Waals surface area contributed by atoms with Gasteiger partial charge in [0.15, 0.2) is 0 Å². The second-order valence-corrected chi connectivity index (χ2v) is 3.42. The largest absolute Gasteiger partial charge is 0.390 e. The van der Waals surface area contributed by atoms with Gasteiger partial charge in [0.25, 0.3) is 0 Å². The molecule has 6 heteroatoms. The van der Waals surface area contributed by atoms with E-state index in [9.17, 15) is 4.79 Å². The van der Waals surface area contributed by atoms with E-state index in [1.54, 1.807) is 13.2 Å². The average molecular weight is 196 g/mol. The number of nitrogens with one attached hydrogen (secondary N) is 1. The quantitative estimate of drug-likeness (QED) is 0.650. The van der Waals surface area contributed by atoms with Crippen molar-refractivity contribution in [2.75, 3.05) is 7.05 Å². The molecule has 0 radical (unpaired) electrons. The number of carbonyl (C=O) groups is 1. The van der Waals surface area contributed by atoms with E-state index in [1.165, 1.54) is 4.68 Å². The maximum absolute atomic E-state index is 11.5. The molecule has 2 N–H and O–H groups in total. The van der Waals surface area contributed by atoms with Crippen LogP contribution >= 0.6 is 0 Å². The van der Waals surface area contributed by atoms with Crippen LogP contribution in [0.5, 0.6) is 0 Å². The molecule has 1 aliphatic carbocycles. The average Bonchev–Trinajstić information content (AvgIpc) is 2.89. The zero-order valence-corrected chi connectivity index (χ0v) is 7.90. The number of aliphatic hydroxyl groups is 1. The predicted octanol–water partition coefficient (Wildman–Crippen LogP) is -0.995. The minimum absolute atomic E-state index is 0.0492. The highest BCUT2D eigenvalue weighted by Gasteiger charge is 2.52. The van der Waals surface area contributed by atoms with E-state index in [1.807, 2.05) is 0 Å². The highest BCUT2D eigenvalue weighted by atomic mass is 16.3. The first kappa shape index (κ1) is 9.14. The van der Waals surface area contributed by atoms with Crippen LogP contribution in [0.25, 0.3) is 0 Å². The second-order valence-electron chi connectivity index (χ2n) is 3.42. The lowest BCUT2D eigenvalue weighted by Crippen LogP contribution is -2.37. The van der Waals surface area contributed by atoms with E-state index < -0.39 is 5.54 Å². The Morgan fingerprint density at radius 2 is 2.50 bits per heavy atom. The highest BCUT2D eigenvalue weighted by Crippen LogP contribution is 2.42. The minimum atomic E-state index is -0.546. The standard InChI is InChI=1S/C8H12N4O2/c1-9-7(14)8(2-3-8)12-4-6(5-13)10-11-12/h4,13H,2-3,5H2,1H3,(H,9,14). The number of carbonyl (C=O) groups excluding carboxylic acids is 1. The van der Waals surface area contributed by atoms with Gasteiger partial charge in [-0.15, -0.1) is 5.10 Å². The molecule has 1 aromatic heterocycles. The van der Waals surface area contributed by atoms with Crippen LogP contribution < -0.4 is 5.32 Å². The topological polar surface area (TPSA) is 80.0 Å². The molecule has 1 fully saturated rings. The number of amides is 1. The van der Waals surface area contributed by atoms with Crippen LogP contribution in [0.15, 0.2) is 6.20 Å². The van der Waals surface area contributed by atoms with Crippen molar-refractivity contribution in [3.8, 4) is 0 Å². The van der Waals surface area contributed by atoms with Gasteiger partial charge in [-0.05, 0) is 12.8 Å². The molecule has 0 aliphatic heterocycles. The zero-order valence-electron chi connectivity index (χ0n) is 7.90. The van der Waals surface area contributed by atoms with E-state index in [4.69, 9.17) is 5.11 Å². The Hall–Kier alpha value is -1.43. The Morgan fingerprint density at radius 1 is 1.79 bits per heavy atom. The highest BCUT2D eigenvalue weighted by molar-refractivity contribution is 5.86. The summed E-state index contributed by atoms with van der Waals surface area (Å²) in [7, 11) is 1.60. The van der Waals surface area contributed by atoms with E-state index in [-0.39, 0.29) is 12.5 Å². The molecule has 0 bridgehead atoms. The van der Waals surface area contributed by atoms with Crippen LogP contribution in [0.2, 0.25) is 0 Å². The molecule has 1 saturated carbocycles. The summed E-state index contributed by atoms with van der Waals surface area (Å²) in [4.78, 5) is 11.5. The smallest absolute Gasteiger partial charge is 0.247 e. The lowest BCUT2D eigenvalue weighted by molar-refractivity contribution is -0.125. The Bertz CT molecular complexity index is 356. The lowest BCUT2D eigenvalue weighted by Gasteiger charge is -2.12. The molecule has 6 nitrogen and oxygen atoms in total. The van der Waals surface area contributed by atoms with Crippen molar-refractivity contribution in [1.29, 1.82) is 0 Å². The SMILES string of the molecule is CNC(=O)C1(n2cc(CO)nn2)CC1. The van der Waals surface area contributed by atoms with Crippen molar-refractivity contribution >= 4 is 5.91 Å². The molecule has 0 unspecified atom stereocenters. The number of nitrogens with zero attached hydrogens (tertiary/aromatic N) is 3. The van der Waals surface area contributed by atoms with Crippen molar-refractivity contribution in [3.05, 3.63) is 11.9 Å². The first-order valence-electron chi connectivity index (χ1n) is 4.48. The Morgan fingerprint density at radius 3 is 2.93 bits per heavy atom. The Balaban J connectivity index is 2.26. The fourth-order valence-electron chi connectivity index (χ4n) is 1.49. The van der Waals surface area contributed by atoms with Crippen LogP contribution in [0.3, 0.4) is 0 Å². The first-order chi connectivity index (χ1) is 6.73. The third-order valence-corrected chi connectivity index (χ3v) is 2.51. The summed E-state index contributed by atoms with van der Waals surface area (Å²) in [5, 5.41) is 19.0. The van der Waals surface area contributed by atoms with Gasteiger partial charge in [0.2, 0.25) is 5.91 Å². The van der Waals surface area contributed by atoms with Crippen LogP contribution in [-0.4, -0.2) is 33.1 Å². The number of likely N-dealkylation sites (N-methyl/N-ethyl adjacent to an activating group) is 1. The second kappa shape index (κ2) is 3.06. The number of hydrogen-bond acceptors (Lipinski definition) is 4. The van der Waals surface area contributed by atoms with Crippen LogP contribution in [0.4, 0.5) is 0 Å². The summed E-state index contributed by atoms with van der Waals surface area (Å²) < 4.78 is 1.54. The predicted molar refractivity (Wildman–Crippen MR) is 47.2 cm³/mol. The molecule has 1 aliphatic rings. The molecule has 0 saturated heterocycles. The van der Waals surface area contributed by atoms with Crippen molar-refractivity contribution < 1.29 is 9.90 Å². The number of aliphatic hydroxyl groups excluding tert-OH is 1. The summed E-state index contributed by atoms with van der Waals surface area (Å²) in [6.07, 6.45) is 3.17. The maximum atomic E-state index is 11.5. The van der Waals surface area contributed by atoms with Crippen LogP contribution in [0.1, 0.15) is 18.5 Å². The normalized spacial score (nSPS) is 17.9. The van der Waals surface area contributed by atoms with Gasteiger partial charge in [-0.25, -0.2) is 4.68 Å². The molecule has 76 valence electrons. The minimum Gasteiger partial charge on any atom is -0.390 e. The van der Waals surface area contributed by atoms with Crippen LogP contribution in [0, 0.1) is 0 Å². The molecule has 0 atom stereocenters. The van der Waals surface area contributed by atoms with Crippen LogP contribution in [-0.2, 0) is 16.9 Å². The van der Waals surface area contributed by atoms with Gasteiger partial charge in [-0.2, -0.15) is 0 Å². The molecule has 14 heavy (non-hydrogen) atoms. The number of aromatic nitrogens is 3. The molecule has 1 amide bonds. The third kappa shape index (κ3) is 1.19. The van der Waals surface area contributed by atoms with Crippen molar-refractivity contribution in [3.63, 3.8) is 0 Å². The van der Waals surface area contributed by atoms with E-state index in [0.29, 0.717) is 5.69 Å². The molecule has 0 aromatic carbocycles. The maximum Gasteiger partial charge on any atom is 0.247 e. The molecule has 1 aromatic rings. The van der Waals surface area contributed by atoms with Crippen molar-refractivity contribution in [2.24, 2.45) is 0 Å². The summed E-state index contributed by atoms with van der Waals surface area (Å²) in [6.45, 7) is -0.149. The number of rotatable bonds is 3. The van der Waals surface area contributed by atoms with Gasteiger partial charge >= 0.3 is 0 Å². The fourth-order valence-corrected chi connectivity index (χ4v) is 1.49. The van der Waals surface area contributed by atoms with Gasteiger partial charge < -0.3 is 10.4 Å². The first-order valence-corrected chi connectivity index (χ1v) is 4.48. The van der Waals surface area contributed by atoms with Gasteiger partial charge in [-0.1, -0.05) is 5.21 Å². The monoisotopic (exact) mass is 196 g/mol. The summed E-state index contributed by atoms with van der Waals surface area (Å²) in [5.41, 5.74) is -0.0602. The molecule has 1 heterocycles. The molecular weight excluding hydrogens is 184 g/mol. The lowest BCUT2D eigenvalue weighted by atomic mass is 10.2. The molecule has 0 spiro atoms. The number of hydrogen-bond donors (Lipinski definition) is 2. The third-order valence-electron chi connectivity index (χ3n) is 2.51. The summed E-state index contributed by atoms with van der Waals surface area (Å²) in [5.74, 6) is -0.0492. The van der Waals surface area contributed by atoms with E-state index >= 15 is 0 Å². The van der Waals surface area contributed by atoms with Crippen molar-refractivity contribution in [1.82, 2.24) is 20.3 Å². The molecular formula is C8H12N4O2. The molecule has 2 rings (SSSR count). The van der Waals surface area contributed by atoms with Gasteiger partial charge in [-0.3, -0.25) is 4.79 Å². The van der Waals surface area contributed by atoms with Gasteiger partial charge in [0.1, 0.15) is 11.2 Å². The van der Waals surface area contributed by atoms with Crippen molar-refractivity contribution in [2.45, 2.75) is 25.0 Å². The Kier molecular flexibility index (Phi) is 1.99. The fraction of sp³-hybridized carbons (Fsp3) is 0.625. The zero-order chi connectivity index (χ0) is 10.2. The van der Waals surface area contributed by atoms with E-state index in [0.717, 1.165) is 12.8 Å². The van der Waals surface area contributed by atoms with E-state index in [2.05, 4.69) is 15.6 Å². The van der Waals surface area contributed by atoms with Gasteiger partial charge in [0, 0.05) is 7.05 Å². The Labute approximate surface area is 80.9 Å². The summed E-state index contributed by atoms with van der Waals surface area (Å²) >= 11 is 0. The van der Waals surface area contributed by atoms with Gasteiger partial charge in [0.05, 0.1) is 12.8 Å².